The van der Waals surface area contributed by atoms with Gasteiger partial charge in [-0.2, -0.15) is 0 Å². The Hall–Kier alpha value is -2.28. The average Bonchev–Trinajstić information content (AvgIpc) is 3.01. The van der Waals surface area contributed by atoms with Crippen molar-refractivity contribution in [1.82, 2.24) is 10.6 Å². The number of likely N-dealkylation sites (N-methyl/N-ethyl adjacent to an activating group) is 1. The van der Waals surface area contributed by atoms with E-state index < -0.39 is 12.0 Å². The number of hydrogen-bond acceptors (Lipinski definition) is 4. The summed E-state index contributed by atoms with van der Waals surface area (Å²) in [7, 11) is 3.05. The number of rotatable bonds is 7. The predicted octanol–water partition coefficient (Wildman–Crippen LogP) is 1.98. The molecule has 1 aromatic rings. The first-order valence-electron chi connectivity index (χ1n) is 8.92. The molecule has 2 unspecified atom stereocenters. The molecule has 2 rings (SSSR count). The van der Waals surface area contributed by atoms with E-state index in [2.05, 4.69) is 10.6 Å². The Kier molecular flexibility index (Phi) is 7.07. The van der Waals surface area contributed by atoms with Crippen molar-refractivity contribution in [3.63, 3.8) is 0 Å². The topological polar surface area (TPSA) is 87.7 Å². The van der Waals surface area contributed by atoms with Crippen molar-refractivity contribution in [3.05, 3.63) is 23.2 Å². The highest BCUT2D eigenvalue weighted by atomic mass is 35.5. The van der Waals surface area contributed by atoms with Gasteiger partial charge in [-0.15, -0.1) is 0 Å². The third kappa shape index (κ3) is 5.13. The Morgan fingerprint density at radius 3 is 2.67 bits per heavy atom. The lowest BCUT2D eigenvalue weighted by molar-refractivity contribution is -0.131. The van der Waals surface area contributed by atoms with Gasteiger partial charge in [-0.1, -0.05) is 25.4 Å². The maximum Gasteiger partial charge on any atom is 0.242 e. The number of anilines is 1. The number of methoxy groups -OCH3 is 1. The number of nitrogens with one attached hydrogen (secondary N) is 2. The second-order valence-electron chi connectivity index (χ2n) is 7.03. The summed E-state index contributed by atoms with van der Waals surface area (Å²) in [5, 5.41) is 5.83. The van der Waals surface area contributed by atoms with Crippen LogP contribution in [-0.2, 0) is 14.4 Å². The smallest absolute Gasteiger partial charge is 0.242 e. The van der Waals surface area contributed by atoms with Crippen molar-refractivity contribution < 1.29 is 19.1 Å². The van der Waals surface area contributed by atoms with Crippen molar-refractivity contribution in [2.45, 2.75) is 32.7 Å². The lowest BCUT2D eigenvalue weighted by atomic mass is 10.0. The van der Waals surface area contributed by atoms with Crippen molar-refractivity contribution in [2.75, 3.05) is 25.6 Å². The zero-order chi connectivity index (χ0) is 20.1. The maximum absolute atomic E-state index is 12.7. The second kappa shape index (κ2) is 9.08. The molecule has 148 valence electrons. The van der Waals surface area contributed by atoms with Crippen molar-refractivity contribution in [2.24, 2.45) is 11.8 Å². The van der Waals surface area contributed by atoms with Gasteiger partial charge in [-0.25, -0.2) is 0 Å². The molecule has 27 heavy (non-hydrogen) atoms. The molecule has 1 heterocycles. The molecule has 0 spiro atoms. The summed E-state index contributed by atoms with van der Waals surface area (Å²) in [4.78, 5) is 38.7. The fraction of sp³-hybridized carbons (Fsp3) is 0.526. The third-order valence-electron chi connectivity index (χ3n) is 4.51. The number of ether oxygens (including phenoxy) is 1. The molecule has 1 aliphatic heterocycles. The molecule has 2 N–H and O–H groups in total. The van der Waals surface area contributed by atoms with Gasteiger partial charge in [0, 0.05) is 25.0 Å². The Bertz CT molecular complexity index is 723. The Balaban J connectivity index is 2.13. The fourth-order valence-corrected chi connectivity index (χ4v) is 3.32. The van der Waals surface area contributed by atoms with Crippen LogP contribution in [0.3, 0.4) is 0 Å². The number of amides is 3. The maximum atomic E-state index is 12.7. The number of halogens is 1. The van der Waals surface area contributed by atoms with E-state index in [0.717, 1.165) is 0 Å². The first kappa shape index (κ1) is 21.0. The highest BCUT2D eigenvalue weighted by Gasteiger charge is 2.37. The molecule has 0 saturated carbocycles. The van der Waals surface area contributed by atoms with Crippen LogP contribution in [0.5, 0.6) is 5.75 Å². The lowest BCUT2D eigenvalue weighted by Crippen LogP contribution is -2.48. The summed E-state index contributed by atoms with van der Waals surface area (Å²) < 4.78 is 5.31. The zero-order valence-corrected chi connectivity index (χ0v) is 16.8. The first-order valence-corrected chi connectivity index (χ1v) is 9.30. The van der Waals surface area contributed by atoms with E-state index >= 15 is 0 Å². The van der Waals surface area contributed by atoms with Crippen LogP contribution in [0.4, 0.5) is 5.69 Å². The van der Waals surface area contributed by atoms with E-state index in [9.17, 15) is 14.4 Å². The summed E-state index contributed by atoms with van der Waals surface area (Å²) in [6, 6.07) is 4.38. The lowest BCUT2D eigenvalue weighted by Gasteiger charge is -2.22. The van der Waals surface area contributed by atoms with Crippen LogP contribution in [0.15, 0.2) is 18.2 Å². The van der Waals surface area contributed by atoms with Crippen LogP contribution >= 0.6 is 11.6 Å². The van der Waals surface area contributed by atoms with Gasteiger partial charge < -0.3 is 20.3 Å². The highest BCUT2D eigenvalue weighted by molar-refractivity contribution is 6.31. The summed E-state index contributed by atoms with van der Waals surface area (Å²) in [5.74, 6) is -0.519. The van der Waals surface area contributed by atoms with Gasteiger partial charge in [0.1, 0.15) is 11.8 Å². The zero-order valence-electron chi connectivity index (χ0n) is 16.0. The summed E-state index contributed by atoms with van der Waals surface area (Å²) in [5.41, 5.74) is 0.537. The Morgan fingerprint density at radius 2 is 2.07 bits per heavy atom. The molecule has 1 saturated heterocycles. The molecule has 1 aliphatic rings. The molecule has 0 aliphatic carbocycles. The minimum atomic E-state index is -0.618. The number of carbonyl (C=O) groups excluding carboxylic acids is 3. The Labute approximate surface area is 164 Å². The molecule has 0 radical (unpaired) electrons. The standard InChI is InChI=1S/C19H26ClN3O4/c1-11(2)7-14(19(26)21-3)22-18(25)12-8-17(24)23(10-12)15-9-13(20)5-6-16(15)27-4/h5-6,9,11-12,14H,7-8,10H2,1-4H3,(H,21,26)(H,22,25). The van der Waals surface area contributed by atoms with Gasteiger partial charge in [0.2, 0.25) is 17.7 Å². The summed E-state index contributed by atoms with van der Waals surface area (Å²) in [6.45, 7) is 4.17. The van der Waals surface area contributed by atoms with Crippen LogP contribution in [-0.4, -0.2) is 44.5 Å². The van der Waals surface area contributed by atoms with Gasteiger partial charge in [-0.3, -0.25) is 14.4 Å². The van der Waals surface area contributed by atoms with Gasteiger partial charge in [0.25, 0.3) is 0 Å². The van der Waals surface area contributed by atoms with E-state index in [1.54, 1.807) is 18.2 Å². The van der Waals surface area contributed by atoms with Crippen molar-refractivity contribution in [3.8, 4) is 5.75 Å². The molecule has 2 atom stereocenters. The quantitative estimate of drug-likeness (QED) is 0.739. The van der Waals surface area contributed by atoms with E-state index in [1.165, 1.54) is 19.1 Å². The number of benzene rings is 1. The third-order valence-corrected chi connectivity index (χ3v) is 4.75. The van der Waals surface area contributed by atoms with Gasteiger partial charge in [0.15, 0.2) is 0 Å². The molecule has 8 heteroatoms. The van der Waals surface area contributed by atoms with Crippen LogP contribution in [0.1, 0.15) is 26.7 Å². The summed E-state index contributed by atoms with van der Waals surface area (Å²) >= 11 is 6.05. The molecule has 0 aromatic heterocycles. The fourth-order valence-electron chi connectivity index (χ4n) is 3.16. The number of carbonyl (C=O) groups is 3. The first-order chi connectivity index (χ1) is 12.8. The molecule has 1 aromatic carbocycles. The normalized spacial score (nSPS) is 17.8. The minimum absolute atomic E-state index is 0.0731. The second-order valence-corrected chi connectivity index (χ2v) is 7.46. The van der Waals surface area contributed by atoms with Gasteiger partial charge >= 0.3 is 0 Å². The van der Waals surface area contributed by atoms with Crippen LogP contribution in [0, 0.1) is 11.8 Å². The largest absolute Gasteiger partial charge is 0.495 e. The van der Waals surface area contributed by atoms with Crippen molar-refractivity contribution in [1.29, 1.82) is 0 Å². The minimum Gasteiger partial charge on any atom is -0.495 e. The molecular weight excluding hydrogens is 370 g/mol. The Morgan fingerprint density at radius 1 is 1.37 bits per heavy atom. The van der Waals surface area contributed by atoms with Crippen LogP contribution in [0.25, 0.3) is 0 Å². The van der Waals surface area contributed by atoms with E-state index in [4.69, 9.17) is 16.3 Å². The van der Waals surface area contributed by atoms with Crippen LogP contribution < -0.4 is 20.3 Å². The average molecular weight is 396 g/mol. The summed E-state index contributed by atoms with van der Waals surface area (Å²) in [6.07, 6.45) is 0.599. The van der Waals surface area contributed by atoms with Crippen molar-refractivity contribution >= 4 is 35.0 Å². The molecule has 7 nitrogen and oxygen atoms in total. The molecule has 3 amide bonds. The number of nitrogens with zero attached hydrogens (tertiary/aromatic N) is 1. The molecular formula is C19H26ClN3O4. The van der Waals surface area contributed by atoms with E-state index in [0.29, 0.717) is 22.9 Å². The van der Waals surface area contributed by atoms with Crippen LogP contribution in [0.2, 0.25) is 5.02 Å². The monoisotopic (exact) mass is 395 g/mol. The van der Waals surface area contributed by atoms with E-state index in [1.807, 2.05) is 13.8 Å². The SMILES string of the molecule is CNC(=O)C(CC(C)C)NC(=O)C1CC(=O)N(c2cc(Cl)ccc2OC)C1. The predicted molar refractivity (Wildman–Crippen MR) is 104 cm³/mol. The number of hydrogen-bond donors (Lipinski definition) is 2. The highest BCUT2D eigenvalue weighted by Crippen LogP contribution is 2.35. The molecule has 0 bridgehead atoms. The van der Waals surface area contributed by atoms with Gasteiger partial charge in [0.05, 0.1) is 18.7 Å². The van der Waals surface area contributed by atoms with E-state index in [-0.39, 0.29) is 36.6 Å². The molecule has 1 fully saturated rings. The van der Waals surface area contributed by atoms with Gasteiger partial charge in [-0.05, 0) is 30.5 Å².